The second kappa shape index (κ2) is 5.42. The average molecular weight is 286 g/mol. The molecule has 0 atom stereocenters. The maximum atomic E-state index is 5.49. The Kier molecular flexibility index (Phi) is 3.47. The van der Waals surface area contributed by atoms with Gasteiger partial charge in [-0.1, -0.05) is 11.3 Å². The van der Waals surface area contributed by atoms with Crippen LogP contribution in [-0.4, -0.2) is 21.8 Å². The lowest BCUT2D eigenvalue weighted by Gasteiger charge is -2.00. The lowest BCUT2D eigenvalue weighted by atomic mass is 10.3. The van der Waals surface area contributed by atoms with Gasteiger partial charge in [0, 0.05) is 0 Å². The molecule has 1 N–H and O–H groups in total. The zero-order valence-electron chi connectivity index (χ0n) is 11.3. The van der Waals surface area contributed by atoms with E-state index in [1.165, 1.54) is 0 Å². The van der Waals surface area contributed by atoms with E-state index in [4.69, 9.17) is 4.74 Å². The van der Waals surface area contributed by atoms with Crippen LogP contribution in [0.3, 0.4) is 0 Å². The summed E-state index contributed by atoms with van der Waals surface area (Å²) in [4.78, 5) is 4.52. The van der Waals surface area contributed by atoms with Crippen LogP contribution in [0.25, 0.3) is 10.2 Å². The minimum Gasteiger partial charge on any atom is -0.494 e. The van der Waals surface area contributed by atoms with Gasteiger partial charge in [-0.05, 0) is 44.2 Å². The number of thiazole rings is 1. The molecule has 0 spiro atoms. The maximum Gasteiger partial charge on any atom is 0.189 e. The van der Waals surface area contributed by atoms with Gasteiger partial charge in [-0.3, -0.25) is 0 Å². The summed E-state index contributed by atoms with van der Waals surface area (Å²) in [5.74, 6) is 1.56. The van der Waals surface area contributed by atoms with E-state index in [0.29, 0.717) is 12.4 Å². The number of fused-ring (bicyclic) bond motifs is 1. The van der Waals surface area contributed by atoms with E-state index in [1.807, 2.05) is 44.2 Å². The molecule has 0 unspecified atom stereocenters. The van der Waals surface area contributed by atoms with Crippen molar-refractivity contribution in [1.29, 1.82) is 0 Å². The van der Waals surface area contributed by atoms with Crippen molar-refractivity contribution in [3.05, 3.63) is 36.0 Å². The van der Waals surface area contributed by atoms with Gasteiger partial charge in [0.15, 0.2) is 10.9 Å². The first kappa shape index (κ1) is 12.8. The molecule has 3 rings (SSSR count). The number of hydrogen-bond donors (Lipinski definition) is 1. The largest absolute Gasteiger partial charge is 0.494 e. The first-order valence-electron chi connectivity index (χ1n) is 6.35. The van der Waals surface area contributed by atoms with Gasteiger partial charge in [-0.25, -0.2) is 4.98 Å². The number of nitrogens with zero attached hydrogens (tertiary/aromatic N) is 3. The van der Waals surface area contributed by atoms with Crippen molar-refractivity contribution in [2.24, 2.45) is 0 Å². The highest BCUT2D eigenvalue weighted by Gasteiger charge is 2.06. The molecule has 3 aromatic rings. The molecule has 5 nitrogen and oxygen atoms in total. The molecule has 102 valence electrons. The summed E-state index contributed by atoms with van der Waals surface area (Å²) in [5.41, 5.74) is 1.84. The Morgan fingerprint density at radius 1 is 1.20 bits per heavy atom. The number of hydrogen-bond acceptors (Lipinski definition) is 6. The van der Waals surface area contributed by atoms with Crippen LogP contribution >= 0.6 is 11.3 Å². The number of aromatic nitrogens is 3. The Bertz CT molecular complexity index is 724. The van der Waals surface area contributed by atoms with Gasteiger partial charge in [-0.2, -0.15) is 5.10 Å². The maximum absolute atomic E-state index is 5.49. The van der Waals surface area contributed by atoms with Crippen LogP contribution in [0.1, 0.15) is 12.6 Å². The Balaban J connectivity index is 1.86. The molecule has 2 heterocycles. The Hall–Kier alpha value is -2.21. The zero-order valence-corrected chi connectivity index (χ0v) is 12.1. The molecule has 0 aliphatic heterocycles. The van der Waals surface area contributed by atoms with Crippen molar-refractivity contribution in [2.75, 3.05) is 11.9 Å². The summed E-state index contributed by atoms with van der Waals surface area (Å²) in [5, 5.41) is 12.0. The summed E-state index contributed by atoms with van der Waals surface area (Å²) >= 11 is 1.57. The highest BCUT2D eigenvalue weighted by molar-refractivity contribution is 7.22. The normalized spacial score (nSPS) is 10.7. The quantitative estimate of drug-likeness (QED) is 0.795. The average Bonchev–Trinajstić information content (AvgIpc) is 2.83. The third kappa shape index (κ3) is 2.70. The predicted molar refractivity (Wildman–Crippen MR) is 80.8 cm³/mol. The summed E-state index contributed by atoms with van der Waals surface area (Å²) in [6, 6.07) is 9.70. The number of ether oxygens (including phenoxy) is 1. The SMILES string of the molecule is CCOc1ccc2nc(Nc3ccc(C)nn3)sc2c1. The van der Waals surface area contributed by atoms with Crippen LogP contribution in [0.4, 0.5) is 10.9 Å². The van der Waals surface area contributed by atoms with Gasteiger partial charge in [0.25, 0.3) is 0 Å². The van der Waals surface area contributed by atoms with Gasteiger partial charge in [0.1, 0.15) is 5.75 Å². The summed E-state index contributed by atoms with van der Waals surface area (Å²) < 4.78 is 6.57. The zero-order chi connectivity index (χ0) is 13.9. The number of rotatable bonds is 4. The molecule has 0 saturated heterocycles. The summed E-state index contributed by atoms with van der Waals surface area (Å²) in [6.07, 6.45) is 0. The van der Waals surface area contributed by atoms with E-state index in [-0.39, 0.29) is 0 Å². The predicted octanol–water partition coefficient (Wildman–Crippen LogP) is 3.54. The third-order valence-corrected chi connectivity index (χ3v) is 3.64. The van der Waals surface area contributed by atoms with E-state index in [1.54, 1.807) is 11.3 Å². The fourth-order valence-corrected chi connectivity index (χ4v) is 2.69. The lowest BCUT2D eigenvalue weighted by molar-refractivity contribution is 0.341. The van der Waals surface area contributed by atoms with Crippen LogP contribution in [0, 0.1) is 6.92 Å². The fourth-order valence-electron chi connectivity index (χ4n) is 1.79. The van der Waals surface area contributed by atoms with Crippen LogP contribution in [0.5, 0.6) is 5.75 Å². The third-order valence-electron chi connectivity index (χ3n) is 2.70. The number of anilines is 2. The van der Waals surface area contributed by atoms with Crippen molar-refractivity contribution < 1.29 is 4.74 Å². The molecule has 0 fully saturated rings. The minimum absolute atomic E-state index is 0.661. The van der Waals surface area contributed by atoms with Crippen LogP contribution < -0.4 is 10.1 Å². The Labute approximate surface area is 120 Å². The van der Waals surface area contributed by atoms with Gasteiger partial charge >= 0.3 is 0 Å². The molecule has 0 amide bonds. The van der Waals surface area contributed by atoms with Crippen molar-refractivity contribution in [2.45, 2.75) is 13.8 Å². The number of benzene rings is 1. The highest BCUT2D eigenvalue weighted by Crippen LogP contribution is 2.30. The van der Waals surface area contributed by atoms with Gasteiger partial charge < -0.3 is 10.1 Å². The minimum atomic E-state index is 0.661. The Morgan fingerprint density at radius 3 is 2.85 bits per heavy atom. The molecule has 0 aliphatic rings. The van der Waals surface area contributed by atoms with Crippen molar-refractivity contribution in [3.63, 3.8) is 0 Å². The fraction of sp³-hybridized carbons (Fsp3) is 0.214. The second-order valence-electron chi connectivity index (χ2n) is 4.27. The van der Waals surface area contributed by atoms with Crippen molar-refractivity contribution in [3.8, 4) is 5.75 Å². The Morgan fingerprint density at radius 2 is 2.10 bits per heavy atom. The van der Waals surface area contributed by atoms with E-state index in [9.17, 15) is 0 Å². The van der Waals surface area contributed by atoms with Crippen LogP contribution in [0.2, 0.25) is 0 Å². The smallest absolute Gasteiger partial charge is 0.189 e. The lowest BCUT2D eigenvalue weighted by Crippen LogP contribution is -1.95. The van der Waals surface area contributed by atoms with E-state index in [2.05, 4.69) is 20.5 Å². The van der Waals surface area contributed by atoms with Crippen molar-refractivity contribution >= 4 is 32.5 Å². The molecular formula is C14H14N4OS. The molecular weight excluding hydrogens is 272 g/mol. The monoisotopic (exact) mass is 286 g/mol. The van der Waals surface area contributed by atoms with E-state index in [0.717, 1.165) is 26.8 Å². The molecule has 20 heavy (non-hydrogen) atoms. The first-order chi connectivity index (χ1) is 9.74. The van der Waals surface area contributed by atoms with Crippen LogP contribution in [-0.2, 0) is 0 Å². The molecule has 0 saturated carbocycles. The topological polar surface area (TPSA) is 59.9 Å². The second-order valence-corrected chi connectivity index (χ2v) is 5.30. The first-order valence-corrected chi connectivity index (χ1v) is 7.17. The van der Waals surface area contributed by atoms with Crippen molar-refractivity contribution in [1.82, 2.24) is 15.2 Å². The molecule has 0 radical (unpaired) electrons. The number of aryl methyl sites for hydroxylation is 1. The van der Waals surface area contributed by atoms with E-state index < -0.39 is 0 Å². The van der Waals surface area contributed by atoms with Gasteiger partial charge in [0.2, 0.25) is 0 Å². The molecule has 0 aliphatic carbocycles. The van der Waals surface area contributed by atoms with Gasteiger partial charge in [0.05, 0.1) is 22.5 Å². The molecule has 2 aromatic heterocycles. The molecule has 6 heteroatoms. The molecule has 1 aromatic carbocycles. The summed E-state index contributed by atoms with van der Waals surface area (Å²) in [7, 11) is 0. The summed E-state index contributed by atoms with van der Waals surface area (Å²) in [6.45, 7) is 4.54. The van der Waals surface area contributed by atoms with Gasteiger partial charge in [-0.15, -0.1) is 5.10 Å². The van der Waals surface area contributed by atoms with E-state index >= 15 is 0 Å². The molecule has 0 bridgehead atoms. The van der Waals surface area contributed by atoms with Crippen LogP contribution in [0.15, 0.2) is 30.3 Å². The standard InChI is InChI=1S/C14H14N4OS/c1-3-19-10-5-6-11-12(8-10)20-14(15-11)16-13-7-4-9(2)17-18-13/h4-8H,3H2,1-2H3,(H,15,16,18). The highest BCUT2D eigenvalue weighted by atomic mass is 32.1. The number of nitrogens with one attached hydrogen (secondary N) is 1.